The summed E-state index contributed by atoms with van der Waals surface area (Å²) < 4.78 is 111. The fourth-order valence-corrected chi connectivity index (χ4v) is 15.4. The highest BCUT2D eigenvalue weighted by molar-refractivity contribution is 7.89. The van der Waals surface area contributed by atoms with Crippen LogP contribution in [0.4, 0.5) is 5.69 Å². The molecule has 36 unspecified atom stereocenters. The lowest BCUT2D eigenvalue weighted by atomic mass is 9.95. The number of benzene rings is 2. The maximum Gasteiger partial charge on any atom is 0.243 e. The molecule has 46 nitrogen and oxygen atoms in total. The monoisotopic (exact) mass is 1620 g/mol. The second-order valence-corrected chi connectivity index (χ2v) is 29.5. The van der Waals surface area contributed by atoms with Crippen molar-refractivity contribution in [3.63, 3.8) is 0 Å². The molecule has 47 heteroatoms. The van der Waals surface area contributed by atoms with Gasteiger partial charge in [-0.1, -0.05) is 24.3 Å². The minimum Gasteiger partial charge on any atom is -0.394 e. The van der Waals surface area contributed by atoms with E-state index in [1.165, 1.54) is 24.7 Å². The molecule has 0 spiro atoms. The first-order valence-electron chi connectivity index (χ1n) is 35.2. The van der Waals surface area contributed by atoms with Crippen LogP contribution >= 0.6 is 0 Å². The quantitative estimate of drug-likeness (QED) is 0.0530. The molecule has 0 saturated carbocycles. The highest BCUT2D eigenvalue weighted by atomic mass is 32.2. The number of anilines is 1. The molecule has 0 radical (unpaired) electrons. The highest BCUT2D eigenvalue weighted by Crippen LogP contribution is 2.40. The Kier molecular flexibility index (Phi) is 29.1. The number of H-pyrrole nitrogens is 1. The van der Waals surface area contributed by atoms with Crippen molar-refractivity contribution in [2.75, 3.05) is 78.3 Å². The van der Waals surface area contributed by atoms with E-state index in [1.807, 2.05) is 0 Å². The van der Waals surface area contributed by atoms with Crippen molar-refractivity contribution >= 4 is 44.2 Å². The summed E-state index contributed by atoms with van der Waals surface area (Å²) in [5.74, 6) is -3.09. The molecule has 626 valence electrons. The normalized spacial score (nSPS) is 42.3. The smallest absolute Gasteiger partial charge is 0.243 e. The van der Waals surface area contributed by atoms with Gasteiger partial charge in [0.1, 0.15) is 177 Å². The summed E-state index contributed by atoms with van der Waals surface area (Å²) in [6, 6.07) is 7.99. The van der Waals surface area contributed by atoms with E-state index in [9.17, 15) is 125 Å². The lowest BCUT2D eigenvalue weighted by molar-refractivity contribution is -0.396. The third-order valence-corrected chi connectivity index (χ3v) is 21.7. The van der Waals surface area contributed by atoms with E-state index < -0.39 is 308 Å². The van der Waals surface area contributed by atoms with Crippen LogP contribution in [-0.2, 0) is 97.1 Å². The summed E-state index contributed by atoms with van der Waals surface area (Å²) in [5, 5.41) is 235. The van der Waals surface area contributed by atoms with Crippen molar-refractivity contribution in [3.8, 4) is 0 Å². The van der Waals surface area contributed by atoms with E-state index in [-0.39, 0.29) is 17.0 Å². The van der Waals surface area contributed by atoms with E-state index in [0.717, 1.165) is 0 Å². The maximum atomic E-state index is 14.5. The molecule has 21 aliphatic heterocycles. The molecule has 111 heavy (non-hydrogen) atoms. The van der Waals surface area contributed by atoms with Crippen molar-refractivity contribution in [2.24, 2.45) is 0 Å². The van der Waals surface area contributed by atoms with Gasteiger partial charge in [-0.2, -0.15) is 0 Å². The van der Waals surface area contributed by atoms with Gasteiger partial charge in [0.15, 0.2) is 44.0 Å². The first kappa shape index (κ1) is 86.5. The number of carbonyl (C=O) groups is 3. The van der Waals surface area contributed by atoms with Gasteiger partial charge >= 0.3 is 0 Å². The Bertz CT molecular complexity index is 3630. The molecular weight excluding hydrogens is 1520 g/mol. The minimum atomic E-state index is -4.35. The highest BCUT2D eigenvalue weighted by Gasteiger charge is 2.60. The minimum absolute atomic E-state index is 0.144. The van der Waals surface area contributed by atoms with Gasteiger partial charge in [-0.3, -0.25) is 14.4 Å². The van der Waals surface area contributed by atoms with Gasteiger partial charge in [0.05, 0.1) is 64.0 Å². The van der Waals surface area contributed by atoms with Gasteiger partial charge in [-0.05, 0) is 12.1 Å². The Labute approximate surface area is 629 Å². The number of hydrogen-bond acceptors (Lipinski definition) is 41. The van der Waals surface area contributed by atoms with Crippen LogP contribution in [-0.4, -0.2) is 433 Å². The van der Waals surface area contributed by atoms with E-state index >= 15 is 0 Å². The average Bonchev–Trinajstić information content (AvgIpc) is 0.944. The predicted molar refractivity (Wildman–Crippen MR) is 355 cm³/mol. The maximum absolute atomic E-state index is 14.5. The van der Waals surface area contributed by atoms with E-state index in [2.05, 4.69) is 30.6 Å². The summed E-state index contributed by atoms with van der Waals surface area (Å²) >= 11 is 0. The zero-order chi connectivity index (χ0) is 80.4. The summed E-state index contributed by atoms with van der Waals surface area (Å²) in [4.78, 5) is 49.6. The first-order chi connectivity index (χ1) is 52.9. The number of aromatic amines is 1. The number of fused-ring (bicyclic) bond motifs is 1. The predicted octanol–water partition coefficient (Wildman–Crippen LogP) is -15.3. The molecule has 21 fully saturated rings. The van der Waals surface area contributed by atoms with Crippen molar-refractivity contribution in [3.05, 3.63) is 54.6 Å². The van der Waals surface area contributed by atoms with Crippen molar-refractivity contribution in [1.29, 1.82) is 0 Å². The van der Waals surface area contributed by atoms with E-state index in [0.29, 0.717) is 16.5 Å². The molecule has 21 saturated heterocycles. The number of ether oxygens (including phenoxy) is 14. The topological polar surface area (TPSA) is 699 Å². The van der Waals surface area contributed by atoms with Gasteiger partial charge in [-0.15, -0.1) is 0 Å². The third kappa shape index (κ3) is 18.6. The molecule has 1 aromatic heterocycles. The first-order valence-corrected chi connectivity index (χ1v) is 36.7. The van der Waals surface area contributed by atoms with Crippen molar-refractivity contribution in [1.82, 2.24) is 30.6 Å². The number of aliphatic hydroxyl groups excluding tert-OH is 20. The number of aromatic nitrogens is 2. The number of nitrogens with one attached hydrogen (secondary N) is 5. The zero-order valence-corrected chi connectivity index (χ0v) is 59.8. The summed E-state index contributed by atoms with van der Waals surface area (Å²) in [5.41, 5.74) is 0.944. The van der Waals surface area contributed by atoms with Crippen LogP contribution in [0, 0.1) is 0 Å². The Balaban J connectivity index is 0.848. The molecule has 14 bridgehead atoms. The van der Waals surface area contributed by atoms with Crippen LogP contribution in [0.5, 0.6) is 0 Å². The number of hydrogen-bond donors (Lipinski definition) is 25. The molecule has 24 rings (SSSR count). The summed E-state index contributed by atoms with van der Waals surface area (Å²) in [6.45, 7) is -9.37. The number of sulfonamides is 1. The van der Waals surface area contributed by atoms with Crippen LogP contribution in [0.3, 0.4) is 0 Å². The number of amides is 3. The Morgan fingerprint density at radius 3 is 1.07 bits per heavy atom. The van der Waals surface area contributed by atoms with Crippen molar-refractivity contribution < 1.29 is 191 Å². The Morgan fingerprint density at radius 2 is 0.748 bits per heavy atom. The largest absolute Gasteiger partial charge is 0.394 e. The van der Waals surface area contributed by atoms with Crippen LogP contribution in [0.2, 0.25) is 0 Å². The molecular formula is C64H95N7O39S. The van der Waals surface area contributed by atoms with Gasteiger partial charge in [0.25, 0.3) is 0 Å². The lowest BCUT2D eigenvalue weighted by Gasteiger charge is -2.50. The van der Waals surface area contributed by atoms with Crippen LogP contribution in [0.25, 0.3) is 10.8 Å². The number of nitrogens with zero attached hydrogens (tertiary/aromatic N) is 2. The molecule has 0 aliphatic carbocycles. The average molecular weight is 1620 g/mol. The number of carbonyl (C=O) groups excluding carboxylic acids is 3. The zero-order valence-electron chi connectivity index (χ0n) is 59.0. The van der Waals surface area contributed by atoms with Crippen LogP contribution < -0.4 is 25.6 Å². The number of aliphatic hydroxyl groups is 20. The summed E-state index contributed by atoms with van der Waals surface area (Å²) in [7, 11) is -0.807. The molecule has 22 heterocycles. The number of rotatable bonds is 19. The second kappa shape index (κ2) is 37.3. The van der Waals surface area contributed by atoms with Gasteiger partial charge in [0, 0.05) is 55.4 Å². The van der Waals surface area contributed by atoms with E-state index in [4.69, 9.17) is 66.3 Å². The SMILES string of the molecule is CN(C)c1cccc2c(S(=O)(=O)NCC(=O)NCC(=O)NC(Cc3cnc[nH]3)C(=O)NCC3OC4OC5C(CO)OC(OC6C(CO)OC(OC7C(CO)OC(OC8C(CO)OC(OC9C(CO)OC(OC%10C(CO)OC(OC3C(O)C4O)C(O)C%10O)C(O)C9O)C(O)C8O)C(O)C7O)C(O)C6O)C(O)C5O)cccc12. The third-order valence-electron chi connectivity index (χ3n) is 20.2. The second-order valence-electron chi connectivity index (χ2n) is 27.7. The molecule has 21 aliphatic rings. The summed E-state index contributed by atoms with van der Waals surface area (Å²) in [6.07, 6.45) is -72.4. The molecule has 3 amide bonds. The van der Waals surface area contributed by atoms with Gasteiger partial charge < -0.3 is 194 Å². The number of imidazole rings is 1. The van der Waals surface area contributed by atoms with Gasteiger partial charge in [-0.25, -0.2) is 18.1 Å². The Morgan fingerprint density at radius 1 is 0.423 bits per heavy atom. The fraction of sp³-hybridized carbons (Fsp3) is 0.750. The molecule has 2 aromatic carbocycles. The lowest BCUT2D eigenvalue weighted by Crippen LogP contribution is -2.68. The Hall–Kier alpha value is -5.33. The van der Waals surface area contributed by atoms with Gasteiger partial charge in [0.2, 0.25) is 27.7 Å². The van der Waals surface area contributed by atoms with E-state index in [1.54, 1.807) is 43.3 Å². The van der Waals surface area contributed by atoms with Crippen LogP contribution in [0.15, 0.2) is 53.8 Å². The molecule has 25 N–H and O–H groups in total. The molecule has 36 atom stereocenters. The fourth-order valence-electron chi connectivity index (χ4n) is 14.2. The van der Waals surface area contributed by atoms with Crippen molar-refractivity contribution in [2.45, 2.75) is 232 Å². The standard InChI is InChI=1S/C64H95N7O39S/c1-71(2)25-7-3-6-23-22(25)5-4-8-33(23)111(95,96)69-13-34(78)66-12-35(79)70-24(9-21-10-65-20-68-21)57(94)67-11-26-50-36(80)43(87)58(97-26)105-51-27(14-72)99-60(45(89)38(51)82)107-53-29(16-74)101-62(47(91)40(53)84)109-55-31(18-76)103-64(49(93)42(55)86)110-56-32(19-77)102-63(48(92)41(56)85)108-54-30(17-75)100-61(46(90)39(54)83)106-52-28(15-73)98-59(104-50)44(88)37(52)81/h3-8,10,20,24,26-32,36-56,58-64,69,72-77,80-93H,9,11-19H2,1-2H3,(H,65,68)(H,66,78)(H,67,94)(H,70,79). The molecule has 3 aromatic rings. The van der Waals surface area contributed by atoms with Crippen LogP contribution in [0.1, 0.15) is 5.69 Å².